The molecule has 0 aromatic rings. The van der Waals surface area contributed by atoms with Gasteiger partial charge in [0.25, 0.3) is 0 Å². The van der Waals surface area contributed by atoms with Crippen LogP contribution in [0.25, 0.3) is 0 Å². The van der Waals surface area contributed by atoms with Gasteiger partial charge in [0.05, 0.1) is 6.61 Å². The second-order valence-electron chi connectivity index (χ2n) is 1.29. The molecule has 0 saturated heterocycles. The molecule has 0 fully saturated rings. The topological polar surface area (TPSA) is 26.3 Å². The Morgan fingerprint density at radius 1 is 1.78 bits per heavy atom. The Kier molecular flexibility index (Phi) is 5.41. The molecule has 0 saturated carbocycles. The summed E-state index contributed by atoms with van der Waals surface area (Å²) in [6, 6.07) is 0. The molecule has 0 bridgehead atoms. The van der Waals surface area contributed by atoms with E-state index >= 15 is 0 Å². The molecule has 0 heterocycles. The normalized spacial score (nSPS) is 10.0. The molecule has 2 nitrogen and oxygen atoms in total. The zero-order valence-electron chi connectivity index (χ0n) is 5.59. The molecule has 0 aliphatic carbocycles. The number of carbonyl (C=O) groups is 1. The largest absolute Gasteiger partial charge is 0.463 e. The van der Waals surface area contributed by atoms with Gasteiger partial charge in [-0.2, -0.15) is 0 Å². The van der Waals surface area contributed by atoms with E-state index in [0.717, 1.165) is 0 Å². The van der Waals surface area contributed by atoms with Gasteiger partial charge in [-0.1, -0.05) is 0 Å². The van der Waals surface area contributed by atoms with Crippen molar-refractivity contribution in [3.05, 3.63) is 11.5 Å². The highest BCUT2D eigenvalue weighted by Crippen LogP contribution is 1.93. The highest BCUT2D eigenvalue weighted by Gasteiger charge is 1.89. The molecule has 3 heteroatoms. The molecule has 0 radical (unpaired) electrons. The van der Waals surface area contributed by atoms with E-state index in [1.807, 2.05) is 6.26 Å². The third-order valence-corrected chi connectivity index (χ3v) is 1.04. The zero-order chi connectivity index (χ0) is 7.11. The average Bonchev–Trinajstić information content (AvgIpc) is 1.85. The lowest BCUT2D eigenvalue weighted by Crippen LogP contribution is -1.98. The molecule has 0 amide bonds. The molecule has 0 unspecified atom stereocenters. The maximum atomic E-state index is 10.5. The Morgan fingerprint density at radius 2 is 2.44 bits per heavy atom. The van der Waals surface area contributed by atoms with Gasteiger partial charge in [-0.3, -0.25) is 0 Å². The fraction of sp³-hybridized carbons (Fsp3) is 0.500. The van der Waals surface area contributed by atoms with Crippen molar-refractivity contribution in [1.29, 1.82) is 0 Å². The van der Waals surface area contributed by atoms with Crippen LogP contribution in [0.5, 0.6) is 0 Å². The molecule has 0 aliphatic rings. The van der Waals surface area contributed by atoms with Crippen LogP contribution in [-0.2, 0) is 9.53 Å². The van der Waals surface area contributed by atoms with Crippen molar-refractivity contribution in [2.45, 2.75) is 6.92 Å². The lowest BCUT2D eigenvalue weighted by atomic mass is 10.6. The van der Waals surface area contributed by atoms with Crippen molar-refractivity contribution in [1.82, 2.24) is 0 Å². The van der Waals surface area contributed by atoms with Crippen molar-refractivity contribution in [2.75, 3.05) is 12.9 Å². The summed E-state index contributed by atoms with van der Waals surface area (Å²) in [5.41, 5.74) is 0. The van der Waals surface area contributed by atoms with Gasteiger partial charge in [0.1, 0.15) is 0 Å². The summed E-state index contributed by atoms with van der Waals surface area (Å²) in [6.45, 7) is 2.22. The summed E-state index contributed by atoms with van der Waals surface area (Å²) >= 11 is 1.47. The van der Waals surface area contributed by atoms with E-state index in [1.165, 1.54) is 17.8 Å². The van der Waals surface area contributed by atoms with E-state index in [1.54, 1.807) is 12.3 Å². The maximum absolute atomic E-state index is 10.5. The van der Waals surface area contributed by atoms with Crippen LogP contribution in [0.3, 0.4) is 0 Å². The Hall–Kier alpha value is -0.440. The van der Waals surface area contributed by atoms with Gasteiger partial charge in [-0.25, -0.2) is 4.79 Å². The maximum Gasteiger partial charge on any atom is 0.331 e. The van der Waals surface area contributed by atoms with E-state index in [-0.39, 0.29) is 5.97 Å². The highest BCUT2D eigenvalue weighted by atomic mass is 32.2. The van der Waals surface area contributed by atoms with Crippen LogP contribution in [0.2, 0.25) is 0 Å². The molecule has 0 aliphatic heterocycles. The second kappa shape index (κ2) is 5.69. The number of hydrogen-bond acceptors (Lipinski definition) is 3. The van der Waals surface area contributed by atoms with Crippen molar-refractivity contribution in [2.24, 2.45) is 0 Å². The highest BCUT2D eigenvalue weighted by molar-refractivity contribution is 8.01. The summed E-state index contributed by atoms with van der Waals surface area (Å²) < 4.78 is 4.60. The molecule has 9 heavy (non-hydrogen) atoms. The van der Waals surface area contributed by atoms with E-state index in [2.05, 4.69) is 4.74 Å². The molecular weight excluding hydrogens is 136 g/mol. The summed E-state index contributed by atoms with van der Waals surface area (Å²) in [4.78, 5) is 10.5. The zero-order valence-corrected chi connectivity index (χ0v) is 6.40. The molecule has 0 spiro atoms. The standard InChI is InChI=1S/C6H10O2S/c1-3-8-6(7)4-5-9-2/h4-5H,3H2,1-2H3. The molecule has 0 aromatic heterocycles. The summed E-state index contributed by atoms with van der Waals surface area (Å²) in [7, 11) is 0. The van der Waals surface area contributed by atoms with Crippen LogP contribution in [0, 0.1) is 0 Å². The second-order valence-corrected chi connectivity index (χ2v) is 2.03. The Morgan fingerprint density at radius 3 is 2.89 bits per heavy atom. The minimum atomic E-state index is -0.271. The number of thioether (sulfide) groups is 1. The van der Waals surface area contributed by atoms with Gasteiger partial charge in [-0.05, 0) is 18.6 Å². The van der Waals surface area contributed by atoms with Crippen LogP contribution >= 0.6 is 11.8 Å². The third kappa shape index (κ3) is 5.43. The number of esters is 1. The molecule has 0 aromatic carbocycles. The van der Waals surface area contributed by atoms with E-state index in [4.69, 9.17) is 0 Å². The number of rotatable bonds is 3. The fourth-order valence-electron chi connectivity index (χ4n) is 0.314. The van der Waals surface area contributed by atoms with E-state index < -0.39 is 0 Å². The van der Waals surface area contributed by atoms with E-state index in [0.29, 0.717) is 6.61 Å². The molecule has 0 rings (SSSR count). The summed E-state index contributed by atoms with van der Waals surface area (Å²) in [5.74, 6) is -0.271. The van der Waals surface area contributed by atoms with Crippen molar-refractivity contribution < 1.29 is 9.53 Å². The SMILES string of the molecule is CCOC(=O)C=CSC. The molecular formula is C6H10O2S. The average molecular weight is 146 g/mol. The minimum absolute atomic E-state index is 0.271. The van der Waals surface area contributed by atoms with Gasteiger partial charge in [-0.15, -0.1) is 11.8 Å². The lowest BCUT2D eigenvalue weighted by molar-refractivity contribution is -0.137. The smallest absolute Gasteiger partial charge is 0.331 e. The third-order valence-electron chi connectivity index (χ3n) is 0.627. The monoisotopic (exact) mass is 146 g/mol. The fourth-order valence-corrected chi connectivity index (χ4v) is 0.561. The number of hydrogen-bond donors (Lipinski definition) is 0. The quantitative estimate of drug-likeness (QED) is 0.445. The number of ether oxygens (including phenoxy) is 1. The first-order chi connectivity index (χ1) is 4.31. The van der Waals surface area contributed by atoms with Gasteiger partial charge >= 0.3 is 5.97 Å². The summed E-state index contributed by atoms with van der Waals surface area (Å²) in [6.07, 6.45) is 3.30. The van der Waals surface area contributed by atoms with Crippen molar-refractivity contribution in [3.8, 4) is 0 Å². The lowest BCUT2D eigenvalue weighted by Gasteiger charge is -1.92. The van der Waals surface area contributed by atoms with Gasteiger partial charge < -0.3 is 4.74 Å². The van der Waals surface area contributed by atoms with Crippen LogP contribution in [-0.4, -0.2) is 18.8 Å². The first kappa shape index (κ1) is 8.56. The molecule has 0 N–H and O–H groups in total. The van der Waals surface area contributed by atoms with Crippen LogP contribution in [0.4, 0.5) is 0 Å². The van der Waals surface area contributed by atoms with Gasteiger partial charge in [0.2, 0.25) is 0 Å². The Balaban J connectivity index is 3.37. The summed E-state index contributed by atoms with van der Waals surface area (Å²) in [5, 5.41) is 1.69. The molecule has 52 valence electrons. The van der Waals surface area contributed by atoms with Gasteiger partial charge in [0, 0.05) is 6.08 Å². The Labute approximate surface area is 59.3 Å². The number of carbonyl (C=O) groups excluding carboxylic acids is 1. The molecule has 0 atom stereocenters. The predicted octanol–water partition coefficient (Wildman–Crippen LogP) is 1.43. The van der Waals surface area contributed by atoms with E-state index in [9.17, 15) is 4.79 Å². The van der Waals surface area contributed by atoms with Crippen LogP contribution < -0.4 is 0 Å². The van der Waals surface area contributed by atoms with Crippen molar-refractivity contribution >= 4 is 17.7 Å². The Bertz CT molecular complexity index is 110. The minimum Gasteiger partial charge on any atom is -0.463 e. The first-order valence-electron chi connectivity index (χ1n) is 2.67. The van der Waals surface area contributed by atoms with Crippen LogP contribution in [0.15, 0.2) is 11.5 Å². The predicted molar refractivity (Wildman–Crippen MR) is 39.3 cm³/mol. The first-order valence-corrected chi connectivity index (χ1v) is 3.96. The van der Waals surface area contributed by atoms with Gasteiger partial charge in [0.15, 0.2) is 0 Å². The van der Waals surface area contributed by atoms with Crippen LogP contribution in [0.1, 0.15) is 6.92 Å². The van der Waals surface area contributed by atoms with Crippen molar-refractivity contribution in [3.63, 3.8) is 0 Å².